The van der Waals surface area contributed by atoms with E-state index in [1.54, 1.807) is 24.3 Å². The number of carbonyl (C=O) groups excluding carboxylic acids is 1. The highest BCUT2D eigenvalue weighted by Gasteiger charge is 2.21. The van der Waals surface area contributed by atoms with Gasteiger partial charge in [-0.2, -0.15) is 0 Å². The second-order valence-electron chi connectivity index (χ2n) is 6.49. The number of aryl methyl sites for hydroxylation is 3. The van der Waals surface area contributed by atoms with E-state index in [2.05, 4.69) is 38.2 Å². The highest BCUT2D eigenvalue weighted by Crippen LogP contribution is 2.22. The van der Waals surface area contributed by atoms with Gasteiger partial charge < -0.3 is 10.1 Å². The first-order valence-electron chi connectivity index (χ1n) is 8.62. The molecule has 2 rings (SSSR count). The Labute approximate surface area is 155 Å². The van der Waals surface area contributed by atoms with Gasteiger partial charge in [-0.25, -0.2) is 0 Å². The van der Waals surface area contributed by atoms with Crippen molar-refractivity contribution in [3.63, 3.8) is 0 Å². The largest absolute Gasteiger partial charge is 0.481 e. The second kappa shape index (κ2) is 8.39. The first-order chi connectivity index (χ1) is 11.8. The summed E-state index contributed by atoms with van der Waals surface area (Å²) in [6.45, 7) is 10.2. The van der Waals surface area contributed by atoms with Gasteiger partial charge in [0.25, 0.3) is 5.91 Å². The van der Waals surface area contributed by atoms with E-state index in [9.17, 15) is 4.79 Å². The van der Waals surface area contributed by atoms with Crippen LogP contribution < -0.4 is 10.1 Å². The predicted octanol–water partition coefficient (Wildman–Crippen LogP) is 5.30. The Bertz CT molecular complexity index is 740. The zero-order valence-corrected chi connectivity index (χ0v) is 16.3. The van der Waals surface area contributed by atoms with Gasteiger partial charge >= 0.3 is 0 Å². The lowest BCUT2D eigenvalue weighted by Crippen LogP contribution is -2.39. The summed E-state index contributed by atoms with van der Waals surface area (Å²) in [6.07, 6.45) is 0.0584. The summed E-state index contributed by atoms with van der Waals surface area (Å²) >= 11 is 5.89. The van der Waals surface area contributed by atoms with Crippen molar-refractivity contribution in [1.82, 2.24) is 5.32 Å². The molecule has 25 heavy (non-hydrogen) atoms. The average molecular weight is 360 g/mol. The number of halogens is 1. The molecule has 0 fully saturated rings. The maximum atomic E-state index is 12.6. The summed E-state index contributed by atoms with van der Waals surface area (Å²) in [5.74, 6) is 0.531. The molecule has 0 radical (unpaired) electrons. The van der Waals surface area contributed by atoms with E-state index >= 15 is 0 Å². The smallest absolute Gasteiger partial charge is 0.261 e. The molecule has 0 aromatic heterocycles. The minimum atomic E-state index is -0.532. The molecule has 2 atom stereocenters. The lowest BCUT2D eigenvalue weighted by Gasteiger charge is -2.22. The van der Waals surface area contributed by atoms with Crippen LogP contribution in [0.1, 0.15) is 48.6 Å². The number of ether oxygens (including phenoxy) is 1. The monoisotopic (exact) mass is 359 g/mol. The van der Waals surface area contributed by atoms with Crippen LogP contribution in [0.15, 0.2) is 36.4 Å². The average Bonchev–Trinajstić information content (AvgIpc) is 2.57. The van der Waals surface area contributed by atoms with E-state index in [0.717, 1.165) is 5.56 Å². The molecule has 3 nitrogen and oxygen atoms in total. The fourth-order valence-corrected chi connectivity index (χ4v) is 2.96. The molecular formula is C21H26ClNO2. The van der Waals surface area contributed by atoms with Crippen LogP contribution in [-0.2, 0) is 4.79 Å². The lowest BCUT2D eigenvalue weighted by molar-refractivity contribution is -0.128. The molecule has 0 unspecified atom stereocenters. The van der Waals surface area contributed by atoms with Crippen molar-refractivity contribution in [2.75, 3.05) is 0 Å². The van der Waals surface area contributed by atoms with Gasteiger partial charge in [0, 0.05) is 5.02 Å². The molecule has 1 N–H and O–H groups in total. The molecule has 0 aliphatic heterocycles. The van der Waals surface area contributed by atoms with Gasteiger partial charge in [0.05, 0.1) is 6.04 Å². The molecule has 2 aromatic carbocycles. The van der Waals surface area contributed by atoms with Crippen LogP contribution in [0.4, 0.5) is 0 Å². The molecule has 134 valence electrons. The van der Waals surface area contributed by atoms with E-state index in [0.29, 0.717) is 17.2 Å². The molecule has 0 bridgehead atoms. The van der Waals surface area contributed by atoms with Crippen LogP contribution in [0.5, 0.6) is 5.75 Å². The number of amides is 1. The van der Waals surface area contributed by atoms with Crippen molar-refractivity contribution in [3.05, 3.63) is 63.7 Å². The van der Waals surface area contributed by atoms with Crippen molar-refractivity contribution in [1.29, 1.82) is 0 Å². The highest BCUT2D eigenvalue weighted by molar-refractivity contribution is 6.30. The minimum Gasteiger partial charge on any atom is -0.481 e. The third-order valence-corrected chi connectivity index (χ3v) is 4.71. The SMILES string of the molecule is CC[C@@H](Oc1ccc(Cl)cc1)C(=O)N[C@H](C)c1cc(C)c(C)cc1C. The van der Waals surface area contributed by atoms with E-state index < -0.39 is 6.10 Å². The normalized spacial score (nSPS) is 13.2. The molecule has 0 saturated heterocycles. The fraction of sp³-hybridized carbons (Fsp3) is 0.381. The van der Waals surface area contributed by atoms with Crippen LogP contribution in [0.2, 0.25) is 5.02 Å². The van der Waals surface area contributed by atoms with Crippen LogP contribution >= 0.6 is 11.6 Å². The van der Waals surface area contributed by atoms with E-state index in [4.69, 9.17) is 16.3 Å². The topological polar surface area (TPSA) is 38.3 Å². The quantitative estimate of drug-likeness (QED) is 0.760. The van der Waals surface area contributed by atoms with Gasteiger partial charge in [0.1, 0.15) is 5.75 Å². The van der Waals surface area contributed by atoms with Gasteiger partial charge in [-0.1, -0.05) is 30.7 Å². The van der Waals surface area contributed by atoms with Gasteiger partial charge in [-0.05, 0) is 80.6 Å². The number of rotatable bonds is 6. The standard InChI is InChI=1S/C21H26ClNO2/c1-6-20(25-18-9-7-17(22)8-10-18)21(24)23-16(5)19-12-14(3)13(2)11-15(19)4/h7-12,16,20H,6H2,1-5H3,(H,23,24)/t16-,20-/m1/s1. The zero-order valence-electron chi connectivity index (χ0n) is 15.5. The number of benzene rings is 2. The lowest BCUT2D eigenvalue weighted by atomic mass is 9.96. The number of hydrogen-bond donors (Lipinski definition) is 1. The van der Waals surface area contributed by atoms with Crippen LogP contribution in [0, 0.1) is 20.8 Å². The van der Waals surface area contributed by atoms with E-state index in [-0.39, 0.29) is 11.9 Å². The number of nitrogens with one attached hydrogen (secondary N) is 1. The Balaban J connectivity index is 2.08. The summed E-state index contributed by atoms with van der Waals surface area (Å²) in [4.78, 5) is 12.6. The molecule has 0 saturated carbocycles. The molecular weight excluding hydrogens is 334 g/mol. The Hall–Kier alpha value is -2.00. The van der Waals surface area contributed by atoms with Crippen LogP contribution in [0.25, 0.3) is 0 Å². The summed E-state index contributed by atoms with van der Waals surface area (Å²) in [6, 6.07) is 11.3. The minimum absolute atomic E-state index is 0.0744. The van der Waals surface area contributed by atoms with Gasteiger partial charge in [0.15, 0.2) is 6.10 Å². The molecule has 0 spiro atoms. The van der Waals surface area contributed by atoms with Crippen molar-refractivity contribution in [3.8, 4) is 5.75 Å². The zero-order chi connectivity index (χ0) is 18.6. The van der Waals surface area contributed by atoms with Gasteiger partial charge in [-0.3, -0.25) is 4.79 Å². The highest BCUT2D eigenvalue weighted by atomic mass is 35.5. The van der Waals surface area contributed by atoms with Crippen LogP contribution in [0.3, 0.4) is 0 Å². The first kappa shape index (κ1) is 19.3. The van der Waals surface area contributed by atoms with Crippen molar-refractivity contribution >= 4 is 17.5 Å². The molecule has 2 aromatic rings. The fourth-order valence-electron chi connectivity index (χ4n) is 2.83. The molecule has 0 aliphatic carbocycles. The van der Waals surface area contributed by atoms with Crippen molar-refractivity contribution in [2.24, 2.45) is 0 Å². The maximum Gasteiger partial charge on any atom is 0.261 e. The maximum absolute atomic E-state index is 12.6. The van der Waals surface area contributed by atoms with Crippen molar-refractivity contribution in [2.45, 2.75) is 53.2 Å². The van der Waals surface area contributed by atoms with E-state index in [1.165, 1.54) is 16.7 Å². The van der Waals surface area contributed by atoms with E-state index in [1.807, 2.05) is 13.8 Å². The molecule has 0 heterocycles. The Morgan fingerprint density at radius 1 is 1.08 bits per heavy atom. The van der Waals surface area contributed by atoms with Crippen molar-refractivity contribution < 1.29 is 9.53 Å². The Morgan fingerprint density at radius 3 is 2.28 bits per heavy atom. The third kappa shape index (κ3) is 4.99. The third-order valence-electron chi connectivity index (χ3n) is 4.46. The molecule has 1 amide bonds. The Morgan fingerprint density at radius 2 is 1.68 bits per heavy atom. The summed E-state index contributed by atoms with van der Waals surface area (Å²) in [7, 11) is 0. The first-order valence-corrected chi connectivity index (χ1v) is 9.00. The number of hydrogen-bond acceptors (Lipinski definition) is 2. The summed E-state index contributed by atoms with van der Waals surface area (Å²) in [5, 5.41) is 3.72. The predicted molar refractivity (Wildman–Crippen MR) is 103 cm³/mol. The molecule has 4 heteroatoms. The summed E-state index contributed by atoms with van der Waals surface area (Å²) < 4.78 is 5.82. The second-order valence-corrected chi connectivity index (χ2v) is 6.93. The number of carbonyl (C=O) groups is 1. The van der Waals surface area contributed by atoms with Gasteiger partial charge in [-0.15, -0.1) is 0 Å². The Kier molecular flexibility index (Phi) is 6.49. The van der Waals surface area contributed by atoms with Gasteiger partial charge in [0.2, 0.25) is 0 Å². The summed E-state index contributed by atoms with van der Waals surface area (Å²) in [5.41, 5.74) is 4.81. The molecule has 0 aliphatic rings. The van der Waals surface area contributed by atoms with Crippen LogP contribution in [-0.4, -0.2) is 12.0 Å².